The van der Waals surface area contributed by atoms with Crippen LogP contribution in [0.1, 0.15) is 5.56 Å². The zero-order chi connectivity index (χ0) is 19.1. The van der Waals surface area contributed by atoms with Crippen LogP contribution in [0.2, 0.25) is 0 Å². The SMILES string of the molecule is O=c1[nH]c2cc(F)ccc2cc1Cn1cc(-c2cnc3ccccc3n2)nn1. The molecule has 0 bridgehead atoms. The van der Waals surface area contributed by atoms with Gasteiger partial charge in [-0.25, -0.2) is 14.1 Å². The molecule has 0 amide bonds. The Bertz CT molecular complexity index is 1390. The van der Waals surface area contributed by atoms with Gasteiger partial charge >= 0.3 is 0 Å². The van der Waals surface area contributed by atoms with E-state index in [1.165, 1.54) is 12.1 Å². The number of benzene rings is 2. The molecular formula is C20H13FN6O. The fourth-order valence-electron chi connectivity index (χ4n) is 3.08. The summed E-state index contributed by atoms with van der Waals surface area (Å²) in [4.78, 5) is 23.9. The van der Waals surface area contributed by atoms with E-state index in [0.29, 0.717) is 22.5 Å². The lowest BCUT2D eigenvalue weighted by Crippen LogP contribution is -2.16. The van der Waals surface area contributed by atoms with Crippen molar-refractivity contribution in [3.63, 3.8) is 0 Å². The number of rotatable bonds is 3. The standard InChI is InChI=1S/C20H13FN6O/c21-14-6-5-12-7-13(20(28)24-17(12)8-14)10-27-11-19(25-26-27)18-9-22-15-3-1-2-4-16(15)23-18/h1-9,11H,10H2,(H,24,28). The van der Waals surface area contributed by atoms with Gasteiger partial charge in [0.15, 0.2) is 0 Å². The molecule has 5 rings (SSSR count). The highest BCUT2D eigenvalue weighted by molar-refractivity contribution is 5.79. The number of nitrogens with zero attached hydrogens (tertiary/aromatic N) is 5. The number of para-hydroxylation sites is 2. The Labute approximate surface area is 157 Å². The van der Waals surface area contributed by atoms with Gasteiger partial charge in [0.2, 0.25) is 0 Å². The molecule has 3 aromatic heterocycles. The third-order valence-corrected chi connectivity index (χ3v) is 4.47. The van der Waals surface area contributed by atoms with E-state index in [0.717, 1.165) is 16.4 Å². The van der Waals surface area contributed by atoms with E-state index in [-0.39, 0.29) is 12.1 Å². The van der Waals surface area contributed by atoms with Gasteiger partial charge in [-0.3, -0.25) is 9.78 Å². The van der Waals surface area contributed by atoms with Gasteiger partial charge in [-0.2, -0.15) is 0 Å². The number of nitrogens with one attached hydrogen (secondary N) is 1. The smallest absolute Gasteiger partial charge is 0.253 e. The van der Waals surface area contributed by atoms with Crippen molar-refractivity contribution < 1.29 is 4.39 Å². The average Bonchev–Trinajstić information content (AvgIpc) is 3.17. The summed E-state index contributed by atoms with van der Waals surface area (Å²) in [5, 5.41) is 8.98. The summed E-state index contributed by atoms with van der Waals surface area (Å²) in [7, 11) is 0. The Kier molecular flexibility index (Phi) is 3.68. The second-order valence-corrected chi connectivity index (χ2v) is 6.40. The third kappa shape index (κ3) is 2.90. The highest BCUT2D eigenvalue weighted by Crippen LogP contribution is 2.17. The summed E-state index contributed by atoms with van der Waals surface area (Å²) >= 11 is 0. The number of fused-ring (bicyclic) bond motifs is 2. The molecule has 5 aromatic rings. The van der Waals surface area contributed by atoms with Crippen molar-refractivity contribution in [2.45, 2.75) is 6.54 Å². The second-order valence-electron chi connectivity index (χ2n) is 6.40. The van der Waals surface area contributed by atoms with Crippen LogP contribution in [0.3, 0.4) is 0 Å². The maximum Gasteiger partial charge on any atom is 0.253 e. The largest absolute Gasteiger partial charge is 0.322 e. The molecule has 0 aliphatic rings. The maximum absolute atomic E-state index is 13.3. The fourth-order valence-corrected chi connectivity index (χ4v) is 3.08. The molecule has 0 fully saturated rings. The summed E-state index contributed by atoms with van der Waals surface area (Å²) in [5.74, 6) is -0.395. The van der Waals surface area contributed by atoms with Crippen LogP contribution in [0, 0.1) is 5.82 Å². The predicted molar refractivity (Wildman–Crippen MR) is 102 cm³/mol. The van der Waals surface area contributed by atoms with E-state index >= 15 is 0 Å². The van der Waals surface area contributed by atoms with Crippen LogP contribution in [0.4, 0.5) is 4.39 Å². The molecule has 1 N–H and O–H groups in total. The number of pyridine rings is 1. The van der Waals surface area contributed by atoms with Crippen LogP contribution >= 0.6 is 0 Å². The number of aromatic amines is 1. The average molecular weight is 372 g/mol. The van der Waals surface area contributed by atoms with E-state index < -0.39 is 5.82 Å². The van der Waals surface area contributed by atoms with Crippen LogP contribution in [0.15, 0.2) is 65.7 Å². The predicted octanol–water partition coefficient (Wildman–Crippen LogP) is 2.92. The van der Waals surface area contributed by atoms with E-state index in [2.05, 4.69) is 25.3 Å². The number of hydrogen-bond donors (Lipinski definition) is 1. The van der Waals surface area contributed by atoms with Crippen LogP contribution in [-0.2, 0) is 6.54 Å². The number of halogens is 1. The van der Waals surface area contributed by atoms with Gasteiger partial charge < -0.3 is 4.98 Å². The van der Waals surface area contributed by atoms with Gasteiger partial charge in [0.25, 0.3) is 5.56 Å². The highest BCUT2D eigenvalue weighted by Gasteiger charge is 2.10. The van der Waals surface area contributed by atoms with Crippen molar-refractivity contribution >= 4 is 21.9 Å². The van der Waals surface area contributed by atoms with Gasteiger partial charge in [-0.1, -0.05) is 17.3 Å². The van der Waals surface area contributed by atoms with Crippen molar-refractivity contribution in [2.75, 3.05) is 0 Å². The molecule has 0 aliphatic carbocycles. The van der Waals surface area contributed by atoms with E-state index in [4.69, 9.17) is 0 Å². The van der Waals surface area contributed by atoms with Gasteiger partial charge in [0.05, 0.1) is 35.5 Å². The molecule has 7 nitrogen and oxygen atoms in total. The molecule has 0 aliphatic heterocycles. The topological polar surface area (TPSA) is 89.4 Å². The first kappa shape index (κ1) is 16.2. The molecule has 0 spiro atoms. The number of aromatic nitrogens is 6. The maximum atomic E-state index is 13.3. The minimum absolute atomic E-state index is 0.233. The minimum atomic E-state index is -0.395. The van der Waals surface area contributed by atoms with Gasteiger partial charge in [-0.15, -0.1) is 5.10 Å². The summed E-state index contributed by atoms with van der Waals surface area (Å²) < 4.78 is 14.9. The van der Waals surface area contributed by atoms with Crippen LogP contribution in [0.5, 0.6) is 0 Å². The summed E-state index contributed by atoms with van der Waals surface area (Å²) in [6.45, 7) is 0.233. The third-order valence-electron chi connectivity index (χ3n) is 4.47. The Hall–Kier alpha value is -3.94. The van der Waals surface area contributed by atoms with E-state index in [9.17, 15) is 9.18 Å². The first-order valence-corrected chi connectivity index (χ1v) is 8.59. The van der Waals surface area contributed by atoms with E-state index in [1.54, 1.807) is 29.2 Å². The first-order valence-electron chi connectivity index (χ1n) is 8.59. The molecular weight excluding hydrogens is 359 g/mol. The lowest BCUT2D eigenvalue weighted by Gasteiger charge is -2.03. The van der Waals surface area contributed by atoms with Crippen molar-refractivity contribution in [1.82, 2.24) is 29.9 Å². The molecule has 0 radical (unpaired) electrons. The molecule has 0 unspecified atom stereocenters. The highest BCUT2D eigenvalue weighted by atomic mass is 19.1. The molecule has 3 heterocycles. The molecule has 0 atom stereocenters. The zero-order valence-electron chi connectivity index (χ0n) is 14.5. The van der Waals surface area contributed by atoms with Gasteiger partial charge in [-0.05, 0) is 41.8 Å². The lowest BCUT2D eigenvalue weighted by atomic mass is 10.1. The first-order chi connectivity index (χ1) is 13.7. The normalized spacial score (nSPS) is 11.3. The van der Waals surface area contributed by atoms with Crippen LogP contribution in [-0.4, -0.2) is 29.9 Å². The molecule has 136 valence electrons. The summed E-state index contributed by atoms with van der Waals surface area (Å²) in [6.07, 6.45) is 3.36. The van der Waals surface area contributed by atoms with Gasteiger partial charge in [0.1, 0.15) is 17.2 Å². The Morgan fingerprint density at radius 1 is 1.04 bits per heavy atom. The minimum Gasteiger partial charge on any atom is -0.322 e. The van der Waals surface area contributed by atoms with Gasteiger partial charge in [0, 0.05) is 5.56 Å². The second kappa shape index (κ2) is 6.34. The summed E-state index contributed by atoms with van der Waals surface area (Å²) in [6, 6.07) is 13.6. The van der Waals surface area contributed by atoms with E-state index in [1.807, 2.05) is 24.3 Å². The molecule has 8 heteroatoms. The number of H-pyrrole nitrogens is 1. The Morgan fingerprint density at radius 3 is 2.79 bits per heavy atom. The molecule has 0 saturated heterocycles. The fraction of sp³-hybridized carbons (Fsp3) is 0.0500. The van der Waals surface area contributed by atoms with Crippen LogP contribution < -0.4 is 5.56 Å². The van der Waals surface area contributed by atoms with Crippen molar-refractivity contribution in [2.24, 2.45) is 0 Å². The Morgan fingerprint density at radius 2 is 1.89 bits per heavy atom. The Balaban J connectivity index is 1.47. The zero-order valence-corrected chi connectivity index (χ0v) is 14.5. The van der Waals surface area contributed by atoms with Crippen molar-refractivity contribution in [3.05, 3.63) is 82.7 Å². The molecule has 2 aromatic carbocycles. The molecule has 28 heavy (non-hydrogen) atoms. The van der Waals surface area contributed by atoms with Crippen molar-refractivity contribution in [3.8, 4) is 11.4 Å². The van der Waals surface area contributed by atoms with Crippen molar-refractivity contribution in [1.29, 1.82) is 0 Å². The number of hydrogen-bond acceptors (Lipinski definition) is 5. The quantitative estimate of drug-likeness (QED) is 0.526. The van der Waals surface area contributed by atoms with Crippen LogP contribution in [0.25, 0.3) is 33.3 Å². The molecule has 0 saturated carbocycles. The lowest BCUT2D eigenvalue weighted by molar-refractivity contribution is 0.629. The summed E-state index contributed by atoms with van der Waals surface area (Å²) in [5.41, 5.74) is 3.41. The monoisotopic (exact) mass is 372 g/mol.